The summed E-state index contributed by atoms with van der Waals surface area (Å²) in [5, 5.41) is 0.495. The van der Waals surface area contributed by atoms with Gasteiger partial charge in [-0.15, -0.1) is 0 Å². The number of halogens is 4. The molecule has 4 nitrogen and oxygen atoms in total. The van der Waals surface area contributed by atoms with Crippen molar-refractivity contribution in [3.05, 3.63) is 99.4 Å². The minimum atomic E-state index is -0.328. The summed E-state index contributed by atoms with van der Waals surface area (Å²) >= 11 is 17.4. The van der Waals surface area contributed by atoms with Crippen molar-refractivity contribution in [2.75, 3.05) is 0 Å². The molecule has 1 aliphatic rings. The maximum absolute atomic E-state index is 12.9. The fourth-order valence-corrected chi connectivity index (χ4v) is 6.43. The van der Waals surface area contributed by atoms with E-state index < -0.39 is 0 Å². The zero-order valence-corrected chi connectivity index (χ0v) is 23.5. The first-order valence-electron chi connectivity index (χ1n) is 9.67. The normalized spacial score (nSPS) is 14.9. The lowest BCUT2D eigenvalue weighted by Crippen LogP contribution is -2.27. The second kappa shape index (κ2) is 11.0. The number of thioether (sulfide) groups is 1. The summed E-state index contributed by atoms with van der Waals surface area (Å²) in [6, 6.07) is 18.9. The first-order chi connectivity index (χ1) is 15.8. The van der Waals surface area contributed by atoms with Crippen LogP contribution in [0.15, 0.2) is 65.6 Å². The molecular formula is C24H15Cl2I2NO3S. The van der Waals surface area contributed by atoms with Crippen LogP contribution in [0, 0.1) is 7.14 Å². The summed E-state index contributed by atoms with van der Waals surface area (Å²) in [6.45, 7) is 0.611. The monoisotopic (exact) mass is 721 g/mol. The lowest BCUT2D eigenvalue weighted by atomic mass is 10.2. The first kappa shape index (κ1) is 24.8. The molecule has 0 N–H and O–H groups in total. The van der Waals surface area contributed by atoms with Gasteiger partial charge < -0.3 is 4.74 Å². The Morgan fingerprint density at radius 2 is 1.61 bits per heavy atom. The van der Waals surface area contributed by atoms with Gasteiger partial charge in [-0.05, 0) is 104 Å². The predicted molar refractivity (Wildman–Crippen MR) is 151 cm³/mol. The van der Waals surface area contributed by atoms with Gasteiger partial charge in [0.1, 0.15) is 12.4 Å². The van der Waals surface area contributed by atoms with E-state index in [1.807, 2.05) is 42.5 Å². The minimum absolute atomic E-state index is 0.139. The highest BCUT2D eigenvalue weighted by Crippen LogP contribution is 2.36. The van der Waals surface area contributed by atoms with Crippen LogP contribution in [0.2, 0.25) is 10.0 Å². The van der Waals surface area contributed by atoms with Gasteiger partial charge in [0.15, 0.2) is 0 Å². The van der Waals surface area contributed by atoms with Crippen LogP contribution in [-0.4, -0.2) is 16.0 Å². The van der Waals surface area contributed by atoms with Crippen molar-refractivity contribution in [3.63, 3.8) is 0 Å². The largest absolute Gasteiger partial charge is 0.487 e. The third-order valence-corrected chi connectivity index (χ3v) is 7.99. The summed E-state index contributed by atoms with van der Waals surface area (Å²) in [5.41, 5.74) is 2.65. The maximum Gasteiger partial charge on any atom is 0.293 e. The van der Waals surface area contributed by atoms with Gasteiger partial charge in [-0.2, -0.15) is 0 Å². The van der Waals surface area contributed by atoms with E-state index in [0.29, 0.717) is 21.6 Å². The van der Waals surface area contributed by atoms with Crippen molar-refractivity contribution in [2.24, 2.45) is 0 Å². The van der Waals surface area contributed by atoms with E-state index in [2.05, 4.69) is 45.2 Å². The highest BCUT2D eigenvalue weighted by Gasteiger charge is 2.35. The SMILES string of the molecule is O=C1S/C(=C\c2cc(I)c(OCc3ccccc3)c(I)c2)C(=O)N1Cc1ccc(Cl)c(Cl)c1. The second-order valence-corrected chi connectivity index (χ2v) is 11.2. The molecule has 33 heavy (non-hydrogen) atoms. The van der Waals surface area contributed by atoms with Crippen LogP contribution in [0.3, 0.4) is 0 Å². The van der Waals surface area contributed by atoms with E-state index >= 15 is 0 Å². The van der Waals surface area contributed by atoms with Gasteiger partial charge >= 0.3 is 0 Å². The Bertz CT molecular complexity index is 1240. The standard InChI is InChI=1S/C24H15Cl2I2NO3S/c25-17-7-6-15(8-18(17)26)12-29-23(30)21(33-24(29)31)11-16-9-19(27)22(20(28)10-16)32-13-14-4-2-1-3-5-14/h1-11H,12-13H2/b21-11-. The van der Waals surface area contributed by atoms with Gasteiger partial charge in [0.25, 0.3) is 11.1 Å². The van der Waals surface area contributed by atoms with Crippen molar-refractivity contribution in [1.82, 2.24) is 4.90 Å². The zero-order valence-electron chi connectivity index (χ0n) is 16.9. The van der Waals surface area contributed by atoms with E-state index in [4.69, 9.17) is 27.9 Å². The van der Waals surface area contributed by atoms with Crippen LogP contribution in [0.5, 0.6) is 5.75 Å². The number of hydrogen-bond donors (Lipinski definition) is 0. The molecule has 0 unspecified atom stereocenters. The van der Waals surface area contributed by atoms with E-state index in [1.54, 1.807) is 24.3 Å². The Balaban J connectivity index is 1.50. The predicted octanol–water partition coefficient (Wildman–Crippen LogP) is 8.02. The Morgan fingerprint density at radius 3 is 2.27 bits per heavy atom. The van der Waals surface area contributed by atoms with Gasteiger partial charge in [-0.3, -0.25) is 14.5 Å². The summed E-state index contributed by atoms with van der Waals surface area (Å²) in [7, 11) is 0. The quantitative estimate of drug-likeness (QED) is 0.191. The van der Waals surface area contributed by atoms with Gasteiger partial charge in [0.05, 0.1) is 28.6 Å². The van der Waals surface area contributed by atoms with E-state index in [9.17, 15) is 9.59 Å². The molecular weight excluding hydrogens is 707 g/mol. The molecule has 0 bridgehead atoms. The van der Waals surface area contributed by atoms with E-state index in [-0.39, 0.29) is 17.7 Å². The Hall–Kier alpha value is -1.27. The number of imide groups is 1. The summed E-state index contributed by atoms with van der Waals surface area (Å²) in [6.07, 6.45) is 1.74. The van der Waals surface area contributed by atoms with Crippen LogP contribution >= 0.6 is 80.1 Å². The first-order valence-corrected chi connectivity index (χ1v) is 13.4. The molecule has 0 radical (unpaired) electrons. The molecule has 168 valence electrons. The topological polar surface area (TPSA) is 46.6 Å². The van der Waals surface area contributed by atoms with Crippen LogP contribution in [0.1, 0.15) is 16.7 Å². The highest BCUT2D eigenvalue weighted by atomic mass is 127. The van der Waals surface area contributed by atoms with Gasteiger partial charge in [-0.1, -0.05) is 59.6 Å². The van der Waals surface area contributed by atoms with Gasteiger partial charge in [0, 0.05) is 0 Å². The van der Waals surface area contributed by atoms with Crippen molar-refractivity contribution >= 4 is 97.4 Å². The van der Waals surface area contributed by atoms with Crippen molar-refractivity contribution in [2.45, 2.75) is 13.2 Å². The number of hydrogen-bond acceptors (Lipinski definition) is 4. The van der Waals surface area contributed by atoms with Crippen molar-refractivity contribution < 1.29 is 14.3 Å². The molecule has 4 rings (SSSR count). The number of ether oxygens (including phenoxy) is 1. The molecule has 1 heterocycles. The van der Waals surface area contributed by atoms with Crippen molar-refractivity contribution in [1.29, 1.82) is 0 Å². The average Bonchev–Trinajstić information content (AvgIpc) is 3.03. The molecule has 2 amide bonds. The second-order valence-electron chi connectivity index (χ2n) is 7.10. The molecule has 0 aromatic heterocycles. The number of carbonyl (C=O) groups excluding carboxylic acids is 2. The number of rotatable bonds is 6. The van der Waals surface area contributed by atoms with Crippen LogP contribution in [0.25, 0.3) is 6.08 Å². The Labute approximate surface area is 232 Å². The molecule has 1 saturated heterocycles. The lowest BCUT2D eigenvalue weighted by Gasteiger charge is -2.13. The molecule has 0 saturated carbocycles. The lowest BCUT2D eigenvalue weighted by molar-refractivity contribution is -0.123. The molecule has 1 fully saturated rings. The van der Waals surface area contributed by atoms with Gasteiger partial charge in [-0.25, -0.2) is 0 Å². The van der Waals surface area contributed by atoms with Gasteiger partial charge in [0.2, 0.25) is 0 Å². The summed E-state index contributed by atoms with van der Waals surface area (Å²) in [4.78, 5) is 27.0. The number of nitrogens with zero attached hydrogens (tertiary/aromatic N) is 1. The molecule has 0 aliphatic carbocycles. The third-order valence-electron chi connectivity index (χ3n) is 4.74. The van der Waals surface area contributed by atoms with E-state index in [1.165, 1.54) is 4.90 Å². The number of amides is 2. The fraction of sp³-hybridized carbons (Fsp3) is 0.0833. The van der Waals surface area contributed by atoms with Crippen LogP contribution in [0.4, 0.5) is 4.79 Å². The zero-order chi connectivity index (χ0) is 23.5. The summed E-state index contributed by atoms with van der Waals surface area (Å²) in [5.74, 6) is 0.468. The Kier molecular flexibility index (Phi) is 8.27. The smallest absolute Gasteiger partial charge is 0.293 e. The molecule has 3 aromatic carbocycles. The number of benzene rings is 3. The summed E-state index contributed by atoms with van der Waals surface area (Å²) < 4.78 is 7.88. The molecule has 3 aromatic rings. The maximum atomic E-state index is 12.9. The third kappa shape index (κ3) is 6.05. The highest BCUT2D eigenvalue weighted by molar-refractivity contribution is 14.1. The molecule has 1 aliphatic heterocycles. The fourth-order valence-electron chi connectivity index (χ4n) is 3.14. The van der Waals surface area contributed by atoms with Crippen molar-refractivity contribution in [3.8, 4) is 5.75 Å². The Morgan fingerprint density at radius 1 is 0.909 bits per heavy atom. The molecule has 0 atom stereocenters. The minimum Gasteiger partial charge on any atom is -0.487 e. The molecule has 0 spiro atoms. The number of carbonyl (C=O) groups is 2. The average molecular weight is 722 g/mol. The molecule has 9 heteroatoms. The van der Waals surface area contributed by atoms with Crippen LogP contribution < -0.4 is 4.74 Å². The van der Waals surface area contributed by atoms with E-state index in [0.717, 1.165) is 41.3 Å². The van der Waals surface area contributed by atoms with Crippen LogP contribution in [-0.2, 0) is 17.9 Å².